The number of aromatic nitrogens is 4. The van der Waals surface area contributed by atoms with Crippen molar-refractivity contribution in [1.29, 1.82) is 0 Å². The minimum Gasteiger partial charge on any atom is -0.337 e. The van der Waals surface area contributed by atoms with E-state index in [4.69, 9.17) is 0 Å². The van der Waals surface area contributed by atoms with Crippen LogP contribution < -0.4 is 5.32 Å². The van der Waals surface area contributed by atoms with Crippen molar-refractivity contribution in [3.63, 3.8) is 0 Å². The lowest BCUT2D eigenvalue weighted by atomic mass is 10.2. The highest BCUT2D eigenvalue weighted by atomic mass is 15.0. The molecule has 0 unspecified atom stereocenters. The van der Waals surface area contributed by atoms with E-state index in [0.717, 1.165) is 38.2 Å². The van der Waals surface area contributed by atoms with Crippen molar-refractivity contribution in [2.45, 2.75) is 33.0 Å². The molecule has 0 amide bonds. The smallest absolute Gasteiger partial charge is 0.140 e. The minimum absolute atomic E-state index is 0.896. The molecular formula is C16H21N5. The Kier molecular flexibility index (Phi) is 4.31. The number of pyridine rings is 1. The second-order valence-corrected chi connectivity index (χ2v) is 5.16. The van der Waals surface area contributed by atoms with E-state index in [0.29, 0.717) is 0 Å². The first-order valence-electron chi connectivity index (χ1n) is 7.47. The Balaban J connectivity index is 1.74. The van der Waals surface area contributed by atoms with Crippen molar-refractivity contribution in [2.75, 3.05) is 6.54 Å². The Morgan fingerprint density at radius 1 is 1.24 bits per heavy atom. The van der Waals surface area contributed by atoms with Gasteiger partial charge in [0.1, 0.15) is 5.65 Å². The highest BCUT2D eigenvalue weighted by Crippen LogP contribution is 2.19. The molecule has 0 saturated carbocycles. The fourth-order valence-electron chi connectivity index (χ4n) is 2.61. The second kappa shape index (κ2) is 6.54. The van der Waals surface area contributed by atoms with Gasteiger partial charge in [0.25, 0.3) is 0 Å². The number of rotatable bonds is 7. The van der Waals surface area contributed by atoms with Crippen LogP contribution >= 0.6 is 0 Å². The first-order chi connectivity index (χ1) is 10.4. The van der Waals surface area contributed by atoms with Crippen molar-refractivity contribution < 1.29 is 0 Å². The standard InChI is InChI=1S/C16H21N5/c1-2-17-11-14-12-21(16-15(14)5-3-6-19-16)9-4-8-20-10-7-18-13-20/h3,5-7,10,12-13,17H,2,4,8-9,11H2,1H3. The summed E-state index contributed by atoms with van der Waals surface area (Å²) in [5.41, 5.74) is 2.40. The monoisotopic (exact) mass is 283 g/mol. The number of imidazole rings is 1. The molecule has 0 fully saturated rings. The molecule has 0 bridgehead atoms. The van der Waals surface area contributed by atoms with Crippen molar-refractivity contribution >= 4 is 11.0 Å². The number of hydrogen-bond donors (Lipinski definition) is 1. The highest BCUT2D eigenvalue weighted by molar-refractivity contribution is 5.80. The van der Waals surface area contributed by atoms with E-state index in [9.17, 15) is 0 Å². The first kappa shape index (κ1) is 13.8. The topological polar surface area (TPSA) is 47.7 Å². The van der Waals surface area contributed by atoms with Gasteiger partial charge in [0.15, 0.2) is 0 Å². The van der Waals surface area contributed by atoms with E-state index in [2.05, 4.69) is 43.6 Å². The van der Waals surface area contributed by atoms with Crippen molar-refractivity contribution in [1.82, 2.24) is 24.4 Å². The Bertz CT molecular complexity index is 684. The number of fused-ring (bicyclic) bond motifs is 1. The summed E-state index contributed by atoms with van der Waals surface area (Å²) in [5, 5.41) is 4.65. The Morgan fingerprint density at radius 2 is 2.19 bits per heavy atom. The molecule has 3 rings (SSSR count). The fourth-order valence-corrected chi connectivity index (χ4v) is 2.61. The van der Waals surface area contributed by atoms with Crippen LogP contribution in [-0.2, 0) is 19.6 Å². The molecule has 0 saturated heterocycles. The third-order valence-corrected chi connectivity index (χ3v) is 3.66. The van der Waals surface area contributed by atoms with E-state index in [1.54, 1.807) is 0 Å². The van der Waals surface area contributed by atoms with Gasteiger partial charge in [0.05, 0.1) is 6.33 Å². The molecule has 0 spiro atoms. The maximum Gasteiger partial charge on any atom is 0.140 e. The molecule has 0 aromatic carbocycles. The van der Waals surface area contributed by atoms with Crippen molar-refractivity contribution in [2.24, 2.45) is 0 Å². The largest absolute Gasteiger partial charge is 0.337 e. The predicted molar refractivity (Wildman–Crippen MR) is 84.0 cm³/mol. The highest BCUT2D eigenvalue weighted by Gasteiger charge is 2.08. The molecule has 0 aliphatic carbocycles. The van der Waals surface area contributed by atoms with E-state index < -0.39 is 0 Å². The zero-order chi connectivity index (χ0) is 14.5. The molecule has 5 nitrogen and oxygen atoms in total. The van der Waals surface area contributed by atoms with Gasteiger partial charge in [-0.1, -0.05) is 6.92 Å². The third-order valence-electron chi connectivity index (χ3n) is 3.66. The lowest BCUT2D eigenvalue weighted by Crippen LogP contribution is -2.11. The number of aryl methyl sites for hydroxylation is 2. The Morgan fingerprint density at radius 3 is 3.00 bits per heavy atom. The normalized spacial score (nSPS) is 11.3. The molecule has 0 radical (unpaired) electrons. The molecule has 110 valence electrons. The molecule has 3 aromatic rings. The average molecular weight is 283 g/mol. The van der Waals surface area contributed by atoms with Gasteiger partial charge in [-0.15, -0.1) is 0 Å². The summed E-state index contributed by atoms with van der Waals surface area (Å²) in [6.07, 6.45) is 10.9. The van der Waals surface area contributed by atoms with Gasteiger partial charge < -0.3 is 14.5 Å². The van der Waals surface area contributed by atoms with Gasteiger partial charge in [0, 0.05) is 49.8 Å². The van der Waals surface area contributed by atoms with Crippen LogP contribution in [0.1, 0.15) is 18.9 Å². The van der Waals surface area contributed by atoms with Crippen LogP contribution in [0.15, 0.2) is 43.2 Å². The van der Waals surface area contributed by atoms with Crippen LogP contribution in [0.2, 0.25) is 0 Å². The van der Waals surface area contributed by atoms with E-state index in [1.807, 2.05) is 31.0 Å². The Hall–Kier alpha value is -2.14. The molecule has 1 N–H and O–H groups in total. The van der Waals surface area contributed by atoms with Crippen LogP contribution in [0, 0.1) is 0 Å². The van der Waals surface area contributed by atoms with Gasteiger partial charge >= 0.3 is 0 Å². The maximum absolute atomic E-state index is 4.54. The summed E-state index contributed by atoms with van der Waals surface area (Å²) < 4.78 is 4.37. The van der Waals surface area contributed by atoms with Gasteiger partial charge in [-0.05, 0) is 30.7 Å². The summed E-state index contributed by atoms with van der Waals surface area (Å²) >= 11 is 0. The van der Waals surface area contributed by atoms with Gasteiger partial charge in [-0.25, -0.2) is 9.97 Å². The molecule has 21 heavy (non-hydrogen) atoms. The second-order valence-electron chi connectivity index (χ2n) is 5.16. The molecule has 3 heterocycles. The quantitative estimate of drug-likeness (QED) is 0.724. The summed E-state index contributed by atoms with van der Waals surface area (Å²) in [4.78, 5) is 8.61. The number of nitrogens with zero attached hydrogens (tertiary/aromatic N) is 4. The third kappa shape index (κ3) is 3.13. The molecular weight excluding hydrogens is 262 g/mol. The molecule has 0 aliphatic heterocycles. The molecule has 0 aliphatic rings. The van der Waals surface area contributed by atoms with E-state index in [-0.39, 0.29) is 0 Å². The lowest BCUT2D eigenvalue weighted by Gasteiger charge is -2.05. The zero-order valence-corrected chi connectivity index (χ0v) is 12.4. The van der Waals surface area contributed by atoms with Gasteiger partial charge in [-0.3, -0.25) is 0 Å². The van der Waals surface area contributed by atoms with Gasteiger partial charge in [0.2, 0.25) is 0 Å². The van der Waals surface area contributed by atoms with Crippen LogP contribution in [-0.4, -0.2) is 25.6 Å². The average Bonchev–Trinajstić information content (AvgIpc) is 3.14. The fraction of sp³-hybridized carbons (Fsp3) is 0.375. The lowest BCUT2D eigenvalue weighted by molar-refractivity contribution is 0.570. The van der Waals surface area contributed by atoms with Crippen LogP contribution in [0.5, 0.6) is 0 Å². The van der Waals surface area contributed by atoms with Crippen LogP contribution in [0.25, 0.3) is 11.0 Å². The minimum atomic E-state index is 0.896. The van der Waals surface area contributed by atoms with E-state index >= 15 is 0 Å². The van der Waals surface area contributed by atoms with Crippen molar-refractivity contribution in [3.8, 4) is 0 Å². The summed E-state index contributed by atoms with van der Waals surface area (Å²) in [6.45, 7) is 5.95. The van der Waals surface area contributed by atoms with Crippen LogP contribution in [0.4, 0.5) is 0 Å². The summed E-state index contributed by atoms with van der Waals surface area (Å²) in [7, 11) is 0. The van der Waals surface area contributed by atoms with Gasteiger partial charge in [-0.2, -0.15) is 0 Å². The molecule has 3 aromatic heterocycles. The van der Waals surface area contributed by atoms with Crippen LogP contribution in [0.3, 0.4) is 0 Å². The Labute approximate surface area is 124 Å². The SMILES string of the molecule is CCNCc1cn(CCCn2ccnc2)c2ncccc12. The molecule has 5 heteroatoms. The summed E-state index contributed by atoms with van der Waals surface area (Å²) in [5.74, 6) is 0. The summed E-state index contributed by atoms with van der Waals surface area (Å²) in [6, 6.07) is 4.16. The molecule has 0 atom stereocenters. The van der Waals surface area contributed by atoms with E-state index in [1.165, 1.54) is 10.9 Å². The van der Waals surface area contributed by atoms with Crippen molar-refractivity contribution in [3.05, 3.63) is 48.8 Å². The zero-order valence-electron chi connectivity index (χ0n) is 12.4. The number of hydrogen-bond acceptors (Lipinski definition) is 3. The first-order valence-corrected chi connectivity index (χ1v) is 7.47. The number of nitrogens with one attached hydrogen (secondary N) is 1. The maximum atomic E-state index is 4.54. The predicted octanol–water partition coefficient (Wildman–Crippen LogP) is 2.43.